The van der Waals surface area contributed by atoms with Gasteiger partial charge in [0.2, 0.25) is 0 Å². The van der Waals surface area contributed by atoms with Gasteiger partial charge in [0.15, 0.2) is 0 Å². The Morgan fingerprint density at radius 3 is 2.82 bits per heavy atom. The number of amides is 2. The molecule has 2 amide bonds. The number of rotatable bonds is 5. The van der Waals surface area contributed by atoms with Gasteiger partial charge in [0.05, 0.1) is 0 Å². The largest absolute Gasteiger partial charge is 0.481 e. The maximum atomic E-state index is 11.7. The van der Waals surface area contributed by atoms with Crippen LogP contribution in [-0.4, -0.2) is 41.6 Å². The highest BCUT2D eigenvalue weighted by molar-refractivity contribution is 5.74. The molecular formula is C12H20N2O3. The van der Waals surface area contributed by atoms with E-state index in [1.807, 2.05) is 0 Å². The number of carbonyl (C=O) groups is 2. The Morgan fingerprint density at radius 1 is 1.47 bits per heavy atom. The molecule has 0 saturated heterocycles. The fourth-order valence-electron chi connectivity index (χ4n) is 1.78. The minimum atomic E-state index is -0.823. The van der Waals surface area contributed by atoms with Crippen molar-refractivity contribution < 1.29 is 14.7 Å². The molecule has 0 saturated carbocycles. The zero-order valence-corrected chi connectivity index (χ0v) is 10.2. The molecule has 0 fully saturated rings. The summed E-state index contributed by atoms with van der Waals surface area (Å²) >= 11 is 0. The molecule has 1 aliphatic carbocycles. The summed E-state index contributed by atoms with van der Waals surface area (Å²) in [6.45, 7) is 0.473. The van der Waals surface area contributed by atoms with E-state index in [4.69, 9.17) is 5.11 Å². The van der Waals surface area contributed by atoms with Gasteiger partial charge in [-0.2, -0.15) is 0 Å². The Hall–Kier alpha value is -1.52. The predicted octanol–water partition coefficient (Wildman–Crippen LogP) is 1.60. The highest BCUT2D eigenvalue weighted by Gasteiger charge is 2.15. The second-order valence-electron chi connectivity index (χ2n) is 4.35. The van der Waals surface area contributed by atoms with Gasteiger partial charge in [0, 0.05) is 26.1 Å². The summed E-state index contributed by atoms with van der Waals surface area (Å²) in [5, 5.41) is 11.4. The fraction of sp³-hybridized carbons (Fsp3) is 0.667. The van der Waals surface area contributed by atoms with Gasteiger partial charge in [-0.1, -0.05) is 12.2 Å². The molecule has 5 nitrogen and oxygen atoms in total. The molecule has 17 heavy (non-hydrogen) atoms. The van der Waals surface area contributed by atoms with E-state index in [0.29, 0.717) is 13.0 Å². The molecule has 0 aromatic heterocycles. The Kier molecular flexibility index (Phi) is 5.52. The number of urea groups is 1. The van der Waals surface area contributed by atoms with Crippen molar-refractivity contribution in [1.29, 1.82) is 0 Å². The van der Waals surface area contributed by atoms with Crippen LogP contribution in [0.3, 0.4) is 0 Å². The third kappa shape index (κ3) is 5.38. The highest BCUT2D eigenvalue weighted by Crippen LogP contribution is 2.10. The second kappa shape index (κ2) is 6.93. The molecule has 0 aliphatic heterocycles. The summed E-state index contributed by atoms with van der Waals surface area (Å²) in [6.07, 6.45) is 7.67. The number of nitrogens with zero attached hydrogens (tertiary/aromatic N) is 1. The van der Waals surface area contributed by atoms with E-state index in [2.05, 4.69) is 17.5 Å². The average Bonchev–Trinajstić information content (AvgIpc) is 2.29. The summed E-state index contributed by atoms with van der Waals surface area (Å²) in [5.41, 5.74) is 0. The van der Waals surface area contributed by atoms with Gasteiger partial charge in [-0.15, -0.1) is 0 Å². The van der Waals surface area contributed by atoms with E-state index in [1.54, 1.807) is 11.9 Å². The first-order valence-corrected chi connectivity index (χ1v) is 5.98. The molecule has 0 radical (unpaired) electrons. The van der Waals surface area contributed by atoms with E-state index in [-0.39, 0.29) is 18.5 Å². The molecule has 0 bridgehead atoms. The minimum Gasteiger partial charge on any atom is -0.481 e. The number of allylic oxidation sites excluding steroid dienone is 1. The predicted molar refractivity (Wildman–Crippen MR) is 64.8 cm³/mol. The molecule has 5 heteroatoms. The van der Waals surface area contributed by atoms with Crippen LogP contribution in [0.1, 0.15) is 32.1 Å². The van der Waals surface area contributed by atoms with Gasteiger partial charge in [0.25, 0.3) is 0 Å². The fourth-order valence-corrected chi connectivity index (χ4v) is 1.78. The van der Waals surface area contributed by atoms with Crippen molar-refractivity contribution in [3.05, 3.63) is 12.2 Å². The number of carboxylic acid groups (broad SMARTS) is 1. The summed E-state index contributed by atoms with van der Waals surface area (Å²) in [5.74, 6) is -0.823. The van der Waals surface area contributed by atoms with Gasteiger partial charge >= 0.3 is 12.0 Å². The smallest absolute Gasteiger partial charge is 0.317 e. The Balaban J connectivity index is 2.21. The minimum absolute atomic E-state index is 0.101. The van der Waals surface area contributed by atoms with Crippen molar-refractivity contribution in [2.75, 3.05) is 13.6 Å². The molecular weight excluding hydrogens is 220 g/mol. The molecule has 1 aliphatic rings. The quantitative estimate of drug-likeness (QED) is 0.717. The van der Waals surface area contributed by atoms with Crippen LogP contribution in [-0.2, 0) is 4.79 Å². The standard InChI is InChI=1S/C12H20N2O3/c1-14(9-5-8-11(15)16)12(17)13-10-6-3-2-4-7-10/h2-3,10H,4-9H2,1H3,(H,13,17)(H,15,16). The number of hydrogen-bond acceptors (Lipinski definition) is 2. The number of aliphatic carboxylic acids is 1. The lowest BCUT2D eigenvalue weighted by Crippen LogP contribution is -2.43. The van der Waals surface area contributed by atoms with Crippen molar-refractivity contribution >= 4 is 12.0 Å². The van der Waals surface area contributed by atoms with Crippen LogP contribution >= 0.6 is 0 Å². The van der Waals surface area contributed by atoms with E-state index < -0.39 is 5.97 Å². The van der Waals surface area contributed by atoms with Crippen molar-refractivity contribution in [1.82, 2.24) is 10.2 Å². The van der Waals surface area contributed by atoms with E-state index in [0.717, 1.165) is 19.3 Å². The summed E-state index contributed by atoms with van der Waals surface area (Å²) in [4.78, 5) is 23.6. The van der Waals surface area contributed by atoms with Crippen molar-refractivity contribution in [3.63, 3.8) is 0 Å². The zero-order valence-electron chi connectivity index (χ0n) is 10.2. The van der Waals surface area contributed by atoms with Crippen LogP contribution in [0.2, 0.25) is 0 Å². The molecule has 0 aromatic carbocycles. The molecule has 1 rings (SSSR count). The lowest BCUT2D eigenvalue weighted by atomic mass is 10.0. The lowest BCUT2D eigenvalue weighted by molar-refractivity contribution is -0.137. The van der Waals surface area contributed by atoms with Gasteiger partial charge < -0.3 is 15.3 Å². The van der Waals surface area contributed by atoms with Crippen LogP contribution in [0.15, 0.2) is 12.2 Å². The Bertz CT molecular complexity index is 302. The number of carbonyl (C=O) groups excluding carboxylic acids is 1. The van der Waals surface area contributed by atoms with Crippen molar-refractivity contribution in [2.24, 2.45) is 0 Å². The van der Waals surface area contributed by atoms with Gasteiger partial charge in [0.1, 0.15) is 0 Å². The first-order chi connectivity index (χ1) is 8.09. The number of carboxylic acids is 1. The Morgan fingerprint density at radius 2 is 2.24 bits per heavy atom. The van der Waals surface area contributed by atoms with Gasteiger partial charge in [-0.05, 0) is 25.7 Å². The van der Waals surface area contributed by atoms with Crippen LogP contribution in [0, 0.1) is 0 Å². The van der Waals surface area contributed by atoms with Gasteiger partial charge in [-0.3, -0.25) is 4.79 Å². The highest BCUT2D eigenvalue weighted by atomic mass is 16.4. The molecule has 0 aromatic rings. The number of hydrogen-bond donors (Lipinski definition) is 2. The topological polar surface area (TPSA) is 69.6 Å². The van der Waals surface area contributed by atoms with E-state index in [1.165, 1.54) is 0 Å². The average molecular weight is 240 g/mol. The van der Waals surface area contributed by atoms with Crippen LogP contribution in [0.5, 0.6) is 0 Å². The molecule has 96 valence electrons. The third-order valence-corrected chi connectivity index (χ3v) is 2.83. The lowest BCUT2D eigenvalue weighted by Gasteiger charge is -2.24. The van der Waals surface area contributed by atoms with Crippen molar-refractivity contribution in [3.8, 4) is 0 Å². The molecule has 1 unspecified atom stereocenters. The molecule has 0 heterocycles. The van der Waals surface area contributed by atoms with E-state index >= 15 is 0 Å². The van der Waals surface area contributed by atoms with Crippen LogP contribution < -0.4 is 5.32 Å². The monoisotopic (exact) mass is 240 g/mol. The van der Waals surface area contributed by atoms with Crippen LogP contribution in [0.25, 0.3) is 0 Å². The van der Waals surface area contributed by atoms with Crippen molar-refractivity contribution in [2.45, 2.75) is 38.1 Å². The summed E-state index contributed by atoms with van der Waals surface area (Å²) < 4.78 is 0. The third-order valence-electron chi connectivity index (χ3n) is 2.83. The maximum absolute atomic E-state index is 11.7. The van der Waals surface area contributed by atoms with Gasteiger partial charge in [-0.25, -0.2) is 4.79 Å². The Labute approximate surface area is 101 Å². The molecule has 1 atom stereocenters. The molecule has 0 spiro atoms. The number of nitrogens with one attached hydrogen (secondary N) is 1. The first-order valence-electron chi connectivity index (χ1n) is 5.98. The van der Waals surface area contributed by atoms with Crippen LogP contribution in [0.4, 0.5) is 4.79 Å². The zero-order chi connectivity index (χ0) is 12.7. The normalized spacial score (nSPS) is 18.8. The second-order valence-corrected chi connectivity index (χ2v) is 4.35. The first kappa shape index (κ1) is 13.5. The summed E-state index contributed by atoms with van der Waals surface area (Å²) in [7, 11) is 1.69. The SMILES string of the molecule is CN(CCCC(=O)O)C(=O)NC1CC=CCC1. The molecule has 2 N–H and O–H groups in total. The summed E-state index contributed by atoms with van der Waals surface area (Å²) in [6, 6.07) is 0.102. The maximum Gasteiger partial charge on any atom is 0.317 e. The van der Waals surface area contributed by atoms with E-state index in [9.17, 15) is 9.59 Å².